The van der Waals surface area contributed by atoms with Crippen molar-refractivity contribution in [2.75, 3.05) is 27.3 Å². The number of hydrogen-bond acceptors (Lipinski definition) is 4. The fourth-order valence-corrected chi connectivity index (χ4v) is 3.82. The average molecular weight is 355 g/mol. The van der Waals surface area contributed by atoms with Crippen molar-refractivity contribution in [2.24, 2.45) is 0 Å². The van der Waals surface area contributed by atoms with Crippen LogP contribution in [0, 0.1) is 0 Å². The number of fused-ring (bicyclic) bond motifs is 1. The van der Waals surface area contributed by atoms with Gasteiger partial charge in [0.2, 0.25) is 0 Å². The number of phenolic OH excluding ortho intramolecular Hbond substituents is 1. The van der Waals surface area contributed by atoms with Gasteiger partial charge in [0.1, 0.15) is 5.75 Å². The highest BCUT2D eigenvalue weighted by Gasteiger charge is 2.27. The number of ether oxygens (including phenoxy) is 2. The molecule has 0 bridgehead atoms. The number of nitrogens with zero attached hydrogens (tertiary/aromatic N) is 1. The SMILES string of the molecule is CCCCN1CCc2cc(OC)ccc2C1Cc1ccc(OC)c(O)c1. The molecule has 2 aromatic rings. The smallest absolute Gasteiger partial charge is 0.160 e. The summed E-state index contributed by atoms with van der Waals surface area (Å²) in [7, 11) is 3.29. The van der Waals surface area contributed by atoms with Crippen LogP contribution in [-0.2, 0) is 12.8 Å². The van der Waals surface area contributed by atoms with Gasteiger partial charge in [-0.05, 0) is 66.8 Å². The highest BCUT2D eigenvalue weighted by molar-refractivity contribution is 5.44. The molecule has 4 heteroatoms. The summed E-state index contributed by atoms with van der Waals surface area (Å²) in [4.78, 5) is 2.58. The Morgan fingerprint density at radius 2 is 1.96 bits per heavy atom. The molecule has 3 rings (SSSR count). The monoisotopic (exact) mass is 355 g/mol. The summed E-state index contributed by atoms with van der Waals surface area (Å²) in [5.74, 6) is 1.65. The Hall–Kier alpha value is -2.20. The highest BCUT2D eigenvalue weighted by atomic mass is 16.5. The molecule has 0 amide bonds. The molecule has 0 spiro atoms. The van der Waals surface area contributed by atoms with Crippen LogP contribution in [-0.4, -0.2) is 37.3 Å². The lowest BCUT2D eigenvalue weighted by Gasteiger charge is -2.38. The van der Waals surface area contributed by atoms with Gasteiger partial charge in [0.05, 0.1) is 14.2 Å². The van der Waals surface area contributed by atoms with Gasteiger partial charge in [-0.3, -0.25) is 4.90 Å². The van der Waals surface area contributed by atoms with Crippen LogP contribution in [0.3, 0.4) is 0 Å². The second kappa shape index (κ2) is 8.45. The summed E-state index contributed by atoms with van der Waals surface area (Å²) in [5.41, 5.74) is 3.88. The van der Waals surface area contributed by atoms with Crippen LogP contribution in [0.1, 0.15) is 42.5 Å². The van der Waals surface area contributed by atoms with Gasteiger partial charge in [-0.1, -0.05) is 25.5 Å². The molecule has 0 fully saturated rings. The summed E-state index contributed by atoms with van der Waals surface area (Å²) in [6.45, 7) is 4.40. The van der Waals surface area contributed by atoms with Crippen LogP contribution in [0.15, 0.2) is 36.4 Å². The molecule has 1 aliphatic rings. The molecular weight excluding hydrogens is 326 g/mol. The van der Waals surface area contributed by atoms with E-state index in [1.165, 1.54) is 24.0 Å². The molecule has 1 aliphatic heterocycles. The first-order valence-electron chi connectivity index (χ1n) is 9.43. The van der Waals surface area contributed by atoms with Crippen LogP contribution in [0.5, 0.6) is 17.2 Å². The number of benzene rings is 2. The first-order chi connectivity index (χ1) is 12.7. The molecule has 0 aromatic heterocycles. The maximum atomic E-state index is 10.1. The van der Waals surface area contributed by atoms with Gasteiger partial charge in [-0.15, -0.1) is 0 Å². The van der Waals surface area contributed by atoms with Gasteiger partial charge in [0.15, 0.2) is 11.5 Å². The Morgan fingerprint density at radius 1 is 1.12 bits per heavy atom. The van der Waals surface area contributed by atoms with Gasteiger partial charge in [0.25, 0.3) is 0 Å². The lowest BCUT2D eigenvalue weighted by molar-refractivity contribution is 0.180. The second-order valence-corrected chi connectivity index (χ2v) is 6.93. The largest absolute Gasteiger partial charge is 0.504 e. The summed E-state index contributed by atoms with van der Waals surface area (Å²) >= 11 is 0. The van der Waals surface area contributed by atoms with Crippen LogP contribution in [0.2, 0.25) is 0 Å². The van der Waals surface area contributed by atoms with Crippen LogP contribution in [0.25, 0.3) is 0 Å². The van der Waals surface area contributed by atoms with Crippen molar-refractivity contribution < 1.29 is 14.6 Å². The summed E-state index contributed by atoms with van der Waals surface area (Å²) in [5, 5.41) is 10.1. The standard InChI is InChI=1S/C22H29NO3/c1-4-5-11-23-12-10-17-15-18(25-2)7-8-19(17)20(23)13-16-6-9-22(26-3)21(24)14-16/h6-9,14-15,20,24H,4-5,10-13H2,1-3H3. The molecule has 0 saturated carbocycles. The van der Waals surface area contributed by atoms with E-state index in [1.807, 2.05) is 18.2 Å². The van der Waals surface area contributed by atoms with E-state index in [9.17, 15) is 5.11 Å². The van der Waals surface area contributed by atoms with E-state index < -0.39 is 0 Å². The Bertz CT molecular complexity index is 744. The number of phenols is 1. The van der Waals surface area contributed by atoms with Crippen LogP contribution >= 0.6 is 0 Å². The molecule has 140 valence electrons. The summed E-state index contributed by atoms with van der Waals surface area (Å²) in [6.07, 6.45) is 4.33. The minimum Gasteiger partial charge on any atom is -0.504 e. The third-order valence-electron chi connectivity index (χ3n) is 5.29. The van der Waals surface area contributed by atoms with E-state index in [0.717, 1.165) is 37.2 Å². The van der Waals surface area contributed by atoms with Crippen molar-refractivity contribution in [3.8, 4) is 17.2 Å². The van der Waals surface area contributed by atoms with E-state index in [0.29, 0.717) is 11.8 Å². The third-order valence-corrected chi connectivity index (χ3v) is 5.29. The minimum atomic E-state index is 0.205. The molecule has 26 heavy (non-hydrogen) atoms. The van der Waals surface area contributed by atoms with Gasteiger partial charge in [-0.2, -0.15) is 0 Å². The van der Waals surface area contributed by atoms with E-state index in [1.54, 1.807) is 14.2 Å². The molecule has 2 aromatic carbocycles. The zero-order valence-corrected chi connectivity index (χ0v) is 16.0. The normalized spacial score (nSPS) is 17.0. The maximum Gasteiger partial charge on any atom is 0.160 e. The highest BCUT2D eigenvalue weighted by Crippen LogP contribution is 2.36. The van der Waals surface area contributed by atoms with Crippen molar-refractivity contribution >= 4 is 0 Å². The van der Waals surface area contributed by atoms with E-state index in [4.69, 9.17) is 9.47 Å². The Balaban J connectivity index is 1.90. The predicted molar refractivity (Wildman–Crippen MR) is 104 cm³/mol. The minimum absolute atomic E-state index is 0.205. The average Bonchev–Trinajstić information content (AvgIpc) is 2.67. The molecule has 4 nitrogen and oxygen atoms in total. The third kappa shape index (κ3) is 3.96. The molecule has 1 N–H and O–H groups in total. The summed E-state index contributed by atoms with van der Waals surface area (Å²) < 4.78 is 10.6. The van der Waals surface area contributed by atoms with Gasteiger partial charge in [-0.25, -0.2) is 0 Å². The Morgan fingerprint density at radius 3 is 2.65 bits per heavy atom. The number of methoxy groups -OCH3 is 2. The zero-order valence-electron chi connectivity index (χ0n) is 16.0. The lowest BCUT2D eigenvalue weighted by atomic mass is 9.88. The van der Waals surface area contributed by atoms with Crippen molar-refractivity contribution in [3.05, 3.63) is 53.1 Å². The van der Waals surface area contributed by atoms with Crippen LogP contribution in [0.4, 0.5) is 0 Å². The number of hydrogen-bond donors (Lipinski definition) is 1. The Kier molecular flexibility index (Phi) is 6.04. The number of unbranched alkanes of at least 4 members (excludes halogenated alkanes) is 1. The molecule has 1 atom stereocenters. The fraction of sp³-hybridized carbons (Fsp3) is 0.455. The topological polar surface area (TPSA) is 41.9 Å². The predicted octanol–water partition coefficient (Wildman–Crippen LogP) is 4.35. The lowest BCUT2D eigenvalue weighted by Crippen LogP contribution is -2.37. The molecule has 0 saturated heterocycles. The van der Waals surface area contributed by atoms with Crippen molar-refractivity contribution in [1.82, 2.24) is 4.90 Å². The van der Waals surface area contributed by atoms with Gasteiger partial charge >= 0.3 is 0 Å². The molecule has 0 radical (unpaired) electrons. The second-order valence-electron chi connectivity index (χ2n) is 6.93. The molecule has 0 aliphatic carbocycles. The number of rotatable bonds is 7. The van der Waals surface area contributed by atoms with Crippen LogP contribution < -0.4 is 9.47 Å². The first kappa shape index (κ1) is 18.6. The van der Waals surface area contributed by atoms with E-state index in [2.05, 4.69) is 30.0 Å². The first-order valence-corrected chi connectivity index (χ1v) is 9.43. The van der Waals surface area contributed by atoms with E-state index in [-0.39, 0.29) is 5.75 Å². The van der Waals surface area contributed by atoms with Gasteiger partial charge in [0, 0.05) is 12.6 Å². The Labute approximate surface area is 156 Å². The zero-order chi connectivity index (χ0) is 18.5. The fourth-order valence-electron chi connectivity index (χ4n) is 3.82. The summed E-state index contributed by atoms with van der Waals surface area (Å²) in [6, 6.07) is 12.5. The molecular formula is C22H29NO3. The van der Waals surface area contributed by atoms with Gasteiger partial charge < -0.3 is 14.6 Å². The van der Waals surface area contributed by atoms with E-state index >= 15 is 0 Å². The van der Waals surface area contributed by atoms with Crippen molar-refractivity contribution in [1.29, 1.82) is 0 Å². The molecule has 1 heterocycles. The molecule has 1 unspecified atom stereocenters. The van der Waals surface area contributed by atoms with Crippen molar-refractivity contribution in [2.45, 2.75) is 38.6 Å². The number of aromatic hydroxyl groups is 1. The maximum absolute atomic E-state index is 10.1. The van der Waals surface area contributed by atoms with Crippen molar-refractivity contribution in [3.63, 3.8) is 0 Å². The quantitative estimate of drug-likeness (QED) is 0.802.